The number of phenols is 1. The van der Waals surface area contributed by atoms with Crippen molar-refractivity contribution in [3.8, 4) is 17.6 Å². The fourth-order valence-electron chi connectivity index (χ4n) is 2.15. The van der Waals surface area contributed by atoms with Gasteiger partial charge in [-0.1, -0.05) is 18.2 Å². The van der Waals surface area contributed by atoms with Crippen LogP contribution in [0.25, 0.3) is 6.08 Å². The van der Waals surface area contributed by atoms with Gasteiger partial charge in [0.2, 0.25) is 5.91 Å². The molecule has 3 N–H and O–H groups in total. The zero-order chi connectivity index (χ0) is 18.2. The van der Waals surface area contributed by atoms with Crippen LogP contribution in [0.5, 0.6) is 11.5 Å². The SMILES string of the molecule is CCOc1cc(SC(C#N)c2cccc(C=CC(N)=O)c2)ccc1O. The lowest BCUT2D eigenvalue weighted by Crippen LogP contribution is -2.05. The molecule has 0 aliphatic carbocycles. The van der Waals surface area contributed by atoms with Crippen molar-refractivity contribution in [3.05, 3.63) is 59.7 Å². The lowest BCUT2D eigenvalue weighted by Gasteiger charge is -2.12. The molecule has 0 saturated carbocycles. The Labute approximate surface area is 150 Å². The molecule has 128 valence electrons. The molecule has 6 heteroatoms. The second-order valence-corrected chi connectivity index (χ2v) is 6.27. The van der Waals surface area contributed by atoms with E-state index in [0.717, 1.165) is 16.0 Å². The Hall–Kier alpha value is -2.91. The molecule has 0 aromatic heterocycles. The molecule has 0 saturated heterocycles. The van der Waals surface area contributed by atoms with Crippen molar-refractivity contribution >= 4 is 23.7 Å². The van der Waals surface area contributed by atoms with Crippen molar-refractivity contribution in [1.82, 2.24) is 0 Å². The summed E-state index contributed by atoms with van der Waals surface area (Å²) in [5.74, 6) is -0.0650. The summed E-state index contributed by atoms with van der Waals surface area (Å²) in [4.78, 5) is 11.7. The first-order valence-electron chi connectivity index (χ1n) is 7.63. The molecule has 0 fully saturated rings. The number of primary amides is 1. The first-order chi connectivity index (χ1) is 12.0. The number of ether oxygens (including phenoxy) is 1. The molecule has 1 amide bonds. The van der Waals surface area contributed by atoms with Crippen molar-refractivity contribution in [1.29, 1.82) is 5.26 Å². The molecular formula is C19H18N2O3S. The van der Waals surface area contributed by atoms with Crippen LogP contribution < -0.4 is 10.5 Å². The van der Waals surface area contributed by atoms with Gasteiger partial charge in [-0.25, -0.2) is 0 Å². The summed E-state index contributed by atoms with van der Waals surface area (Å²) >= 11 is 1.36. The molecule has 0 aliphatic rings. The second kappa shape index (κ2) is 8.81. The van der Waals surface area contributed by atoms with E-state index in [1.165, 1.54) is 17.8 Å². The van der Waals surface area contributed by atoms with Gasteiger partial charge in [-0.05, 0) is 48.4 Å². The quantitative estimate of drug-likeness (QED) is 0.584. The molecule has 5 nitrogen and oxygen atoms in total. The minimum absolute atomic E-state index is 0.0679. The predicted octanol–water partition coefficient (Wildman–Crippen LogP) is 3.65. The highest BCUT2D eigenvalue weighted by molar-refractivity contribution is 7.99. The first kappa shape index (κ1) is 18.4. The zero-order valence-corrected chi connectivity index (χ0v) is 14.5. The van der Waals surface area contributed by atoms with Crippen LogP contribution in [0.1, 0.15) is 23.3 Å². The van der Waals surface area contributed by atoms with E-state index < -0.39 is 11.2 Å². The van der Waals surface area contributed by atoms with Crippen molar-refractivity contribution in [2.45, 2.75) is 17.1 Å². The molecule has 0 spiro atoms. The van der Waals surface area contributed by atoms with Crippen molar-refractivity contribution in [3.63, 3.8) is 0 Å². The minimum Gasteiger partial charge on any atom is -0.504 e. The number of phenolic OH excluding ortho intramolecular Hbond substituents is 1. The molecule has 0 heterocycles. The molecule has 1 atom stereocenters. The third kappa shape index (κ3) is 5.30. The van der Waals surface area contributed by atoms with Crippen LogP contribution in [0.15, 0.2) is 53.4 Å². The van der Waals surface area contributed by atoms with Gasteiger partial charge in [0.25, 0.3) is 0 Å². The van der Waals surface area contributed by atoms with E-state index >= 15 is 0 Å². The van der Waals surface area contributed by atoms with E-state index in [9.17, 15) is 15.2 Å². The minimum atomic E-state index is -0.524. The normalized spacial score (nSPS) is 11.8. The Balaban J connectivity index is 2.23. The number of nitrogens with two attached hydrogens (primary N) is 1. The van der Waals surface area contributed by atoms with E-state index in [4.69, 9.17) is 10.5 Å². The topological polar surface area (TPSA) is 96.3 Å². The third-order valence-electron chi connectivity index (χ3n) is 3.26. The van der Waals surface area contributed by atoms with Crippen molar-refractivity contribution in [2.24, 2.45) is 5.73 Å². The Bertz CT molecular complexity index is 828. The maximum atomic E-state index is 10.8. The van der Waals surface area contributed by atoms with Crippen LogP contribution in [0.4, 0.5) is 0 Å². The summed E-state index contributed by atoms with van der Waals surface area (Å²) in [6, 6.07) is 14.6. The number of benzene rings is 2. The smallest absolute Gasteiger partial charge is 0.241 e. The Morgan fingerprint density at radius 1 is 1.40 bits per heavy atom. The lowest BCUT2D eigenvalue weighted by atomic mass is 10.1. The monoisotopic (exact) mass is 354 g/mol. The van der Waals surface area contributed by atoms with Gasteiger partial charge in [0.15, 0.2) is 11.5 Å². The number of nitriles is 1. The zero-order valence-electron chi connectivity index (χ0n) is 13.7. The van der Waals surface area contributed by atoms with Gasteiger partial charge in [0.1, 0.15) is 5.25 Å². The highest BCUT2D eigenvalue weighted by Crippen LogP contribution is 2.38. The van der Waals surface area contributed by atoms with Crippen molar-refractivity contribution in [2.75, 3.05) is 6.61 Å². The number of carbonyl (C=O) groups excluding carboxylic acids is 1. The highest BCUT2D eigenvalue weighted by Gasteiger charge is 2.14. The summed E-state index contributed by atoms with van der Waals surface area (Å²) in [6.07, 6.45) is 2.89. The summed E-state index contributed by atoms with van der Waals surface area (Å²) in [5, 5.41) is 18.9. The molecule has 2 aromatic rings. The second-order valence-electron chi connectivity index (χ2n) is 5.10. The summed E-state index contributed by atoms with van der Waals surface area (Å²) in [7, 11) is 0. The van der Waals surface area contributed by atoms with Crippen LogP contribution in [-0.2, 0) is 4.79 Å². The predicted molar refractivity (Wildman–Crippen MR) is 98.2 cm³/mol. The number of thioether (sulfide) groups is 1. The van der Waals surface area contributed by atoms with Gasteiger partial charge in [-0.2, -0.15) is 5.26 Å². The number of amides is 1. The van der Waals surface area contributed by atoms with Crippen LogP contribution in [-0.4, -0.2) is 17.6 Å². The number of rotatable bonds is 7. The molecule has 0 bridgehead atoms. The van der Waals surface area contributed by atoms with Gasteiger partial charge >= 0.3 is 0 Å². The molecular weight excluding hydrogens is 336 g/mol. The Morgan fingerprint density at radius 2 is 2.20 bits per heavy atom. The average molecular weight is 354 g/mol. The number of hydrogen-bond acceptors (Lipinski definition) is 5. The fourth-order valence-corrected chi connectivity index (χ4v) is 3.08. The number of hydrogen-bond donors (Lipinski definition) is 2. The standard InChI is InChI=1S/C19H18N2O3S/c1-2-24-17-11-15(7-8-16(17)22)25-18(12-20)14-5-3-4-13(10-14)6-9-19(21)23/h3-11,18,22H,2H2,1H3,(H2,21,23). The maximum Gasteiger partial charge on any atom is 0.241 e. The van der Waals surface area contributed by atoms with Crippen molar-refractivity contribution < 1.29 is 14.6 Å². The average Bonchev–Trinajstić information content (AvgIpc) is 2.61. The number of carbonyl (C=O) groups is 1. The molecule has 2 rings (SSSR count). The van der Waals surface area contributed by atoms with Gasteiger partial charge in [0.05, 0.1) is 12.7 Å². The highest BCUT2D eigenvalue weighted by atomic mass is 32.2. The molecule has 0 aliphatic heterocycles. The Kier molecular flexibility index (Phi) is 6.49. The summed E-state index contributed by atoms with van der Waals surface area (Å²) in [6.45, 7) is 2.28. The largest absolute Gasteiger partial charge is 0.504 e. The molecule has 0 radical (unpaired) electrons. The van der Waals surface area contributed by atoms with E-state index in [2.05, 4.69) is 6.07 Å². The number of nitrogens with zero attached hydrogens (tertiary/aromatic N) is 1. The van der Waals surface area contributed by atoms with Gasteiger partial charge in [0, 0.05) is 11.0 Å². The molecule has 2 aromatic carbocycles. The van der Waals surface area contributed by atoms with E-state index in [1.54, 1.807) is 24.3 Å². The van der Waals surface area contributed by atoms with Gasteiger partial charge in [-0.3, -0.25) is 4.79 Å². The van der Waals surface area contributed by atoms with Crippen LogP contribution >= 0.6 is 11.8 Å². The fraction of sp³-hybridized carbons (Fsp3) is 0.158. The third-order valence-corrected chi connectivity index (χ3v) is 4.40. The van der Waals surface area contributed by atoms with E-state index in [-0.39, 0.29) is 5.75 Å². The number of aromatic hydroxyl groups is 1. The molecule has 25 heavy (non-hydrogen) atoms. The summed E-state index contributed by atoms with van der Waals surface area (Å²) < 4.78 is 5.37. The van der Waals surface area contributed by atoms with Crippen LogP contribution in [0.3, 0.4) is 0 Å². The van der Waals surface area contributed by atoms with Gasteiger partial charge in [-0.15, -0.1) is 11.8 Å². The van der Waals surface area contributed by atoms with Crippen LogP contribution in [0.2, 0.25) is 0 Å². The maximum absolute atomic E-state index is 10.8. The van der Waals surface area contributed by atoms with E-state index in [1.807, 2.05) is 31.2 Å². The first-order valence-corrected chi connectivity index (χ1v) is 8.51. The lowest BCUT2D eigenvalue weighted by molar-refractivity contribution is -0.113. The van der Waals surface area contributed by atoms with E-state index in [0.29, 0.717) is 12.4 Å². The van der Waals surface area contributed by atoms with Gasteiger partial charge < -0.3 is 15.6 Å². The summed E-state index contributed by atoms with van der Waals surface area (Å²) in [5.41, 5.74) is 6.70. The molecule has 1 unspecified atom stereocenters. The van der Waals surface area contributed by atoms with Crippen LogP contribution in [0, 0.1) is 11.3 Å². The Morgan fingerprint density at radius 3 is 2.88 bits per heavy atom.